The highest BCUT2D eigenvalue weighted by molar-refractivity contribution is 8.14. The molecule has 2 atom stereocenters. The molecule has 2 heterocycles. The van der Waals surface area contributed by atoms with E-state index in [1.165, 1.54) is 17.3 Å². The minimum absolute atomic E-state index is 0.0721. The molecule has 1 aliphatic heterocycles. The van der Waals surface area contributed by atoms with Crippen LogP contribution in [0.3, 0.4) is 0 Å². The van der Waals surface area contributed by atoms with Gasteiger partial charge in [0.1, 0.15) is 18.1 Å². The van der Waals surface area contributed by atoms with Gasteiger partial charge in [-0.25, -0.2) is 0 Å². The molecule has 0 spiro atoms. The summed E-state index contributed by atoms with van der Waals surface area (Å²) in [5.74, 6) is 2.00. The Hall–Kier alpha value is -2.27. The number of carbonyl (C=O) groups is 2. The van der Waals surface area contributed by atoms with E-state index in [9.17, 15) is 9.59 Å². The normalized spacial score (nSPS) is 24.5. The molecule has 4 rings (SSSR count). The van der Waals surface area contributed by atoms with Crippen LogP contribution in [0.4, 0.5) is 0 Å². The Morgan fingerprint density at radius 2 is 1.96 bits per heavy atom. The van der Waals surface area contributed by atoms with Crippen LogP contribution in [0.1, 0.15) is 37.4 Å². The molecule has 146 valence electrons. The maximum Gasteiger partial charge on any atom is 0.310 e. The summed E-state index contributed by atoms with van der Waals surface area (Å²) in [5.41, 5.74) is 1.87. The van der Waals surface area contributed by atoms with Crippen molar-refractivity contribution in [3.8, 4) is 0 Å². The molecule has 1 aromatic heterocycles. The van der Waals surface area contributed by atoms with Crippen LogP contribution >= 0.6 is 11.8 Å². The molecular weight excluding hydrogens is 372 g/mol. The second-order valence-corrected chi connectivity index (χ2v) is 9.11. The Balaban J connectivity index is 1.33. The van der Waals surface area contributed by atoms with Gasteiger partial charge in [-0.3, -0.25) is 9.59 Å². The minimum Gasteiger partial charge on any atom is -0.462 e. The molecule has 2 aromatic rings. The average Bonchev–Trinajstić information content (AvgIpc) is 3.03. The molecule has 2 fully saturated rings. The SMILES string of the molecule is CC1(C)[C@H](/C=C2\CCSC2=O)[C@H]1C(=O)OCc1ccc(Cc2ccccc2)o1. The Bertz CT molecular complexity index is 910. The fourth-order valence-corrected chi connectivity index (χ4v) is 4.74. The molecule has 2 aliphatic rings. The van der Waals surface area contributed by atoms with Crippen molar-refractivity contribution in [3.05, 3.63) is 71.2 Å². The molecule has 1 saturated carbocycles. The molecule has 0 radical (unpaired) electrons. The highest BCUT2D eigenvalue weighted by atomic mass is 32.2. The molecule has 0 bridgehead atoms. The van der Waals surface area contributed by atoms with Gasteiger partial charge < -0.3 is 9.15 Å². The maximum absolute atomic E-state index is 12.6. The van der Waals surface area contributed by atoms with Gasteiger partial charge in [0.25, 0.3) is 0 Å². The quantitative estimate of drug-likeness (QED) is 0.520. The van der Waals surface area contributed by atoms with Crippen molar-refractivity contribution in [2.24, 2.45) is 17.3 Å². The number of thioether (sulfide) groups is 1. The van der Waals surface area contributed by atoms with E-state index in [4.69, 9.17) is 9.15 Å². The molecule has 5 heteroatoms. The number of carbonyl (C=O) groups excluding carboxylic acids is 2. The molecule has 0 unspecified atom stereocenters. The van der Waals surface area contributed by atoms with E-state index >= 15 is 0 Å². The van der Waals surface area contributed by atoms with Gasteiger partial charge in [-0.05, 0) is 35.4 Å². The lowest BCUT2D eigenvalue weighted by Gasteiger charge is -2.04. The highest BCUT2D eigenvalue weighted by Crippen LogP contribution is 2.60. The van der Waals surface area contributed by atoms with Gasteiger partial charge in [-0.15, -0.1) is 0 Å². The van der Waals surface area contributed by atoms with Gasteiger partial charge in [0, 0.05) is 17.7 Å². The molecule has 1 aromatic carbocycles. The van der Waals surface area contributed by atoms with Crippen molar-refractivity contribution in [2.75, 3.05) is 5.75 Å². The Labute approximate surface area is 169 Å². The Morgan fingerprint density at radius 1 is 1.21 bits per heavy atom. The molecule has 0 N–H and O–H groups in total. The molecule has 4 nitrogen and oxygen atoms in total. The van der Waals surface area contributed by atoms with Gasteiger partial charge in [0.05, 0.1) is 5.92 Å². The average molecular weight is 397 g/mol. The van der Waals surface area contributed by atoms with Gasteiger partial charge in [-0.1, -0.05) is 62.0 Å². The number of hydrogen-bond acceptors (Lipinski definition) is 5. The highest BCUT2D eigenvalue weighted by Gasteiger charge is 2.61. The monoisotopic (exact) mass is 396 g/mol. The summed E-state index contributed by atoms with van der Waals surface area (Å²) in [4.78, 5) is 24.4. The van der Waals surface area contributed by atoms with E-state index < -0.39 is 0 Å². The third-order valence-corrected chi connectivity index (χ3v) is 6.64. The first-order valence-corrected chi connectivity index (χ1v) is 10.6. The fourth-order valence-electron chi connectivity index (χ4n) is 3.88. The molecule has 1 aliphatic carbocycles. The summed E-state index contributed by atoms with van der Waals surface area (Å²) in [6.07, 6.45) is 3.51. The van der Waals surface area contributed by atoms with Crippen molar-refractivity contribution >= 4 is 22.8 Å². The number of allylic oxidation sites excluding steroid dienone is 1. The Kier molecular flexibility index (Phi) is 5.19. The van der Waals surface area contributed by atoms with E-state index in [0.29, 0.717) is 12.2 Å². The predicted molar refractivity (Wildman–Crippen MR) is 109 cm³/mol. The summed E-state index contributed by atoms with van der Waals surface area (Å²) in [5, 5.41) is 0.149. The van der Waals surface area contributed by atoms with E-state index in [-0.39, 0.29) is 34.9 Å². The summed E-state index contributed by atoms with van der Waals surface area (Å²) in [6.45, 7) is 4.24. The second-order valence-electron chi connectivity index (χ2n) is 8.04. The van der Waals surface area contributed by atoms with Crippen LogP contribution in [0.15, 0.2) is 58.5 Å². The first-order valence-electron chi connectivity index (χ1n) is 9.61. The van der Waals surface area contributed by atoms with Crippen molar-refractivity contribution in [1.29, 1.82) is 0 Å². The fraction of sp³-hybridized carbons (Fsp3) is 0.391. The first-order chi connectivity index (χ1) is 13.4. The predicted octanol–water partition coefficient (Wildman–Crippen LogP) is 4.78. The largest absolute Gasteiger partial charge is 0.462 e. The van der Waals surface area contributed by atoms with E-state index in [2.05, 4.69) is 26.0 Å². The maximum atomic E-state index is 12.6. The van der Waals surface area contributed by atoms with Crippen LogP contribution in [0.25, 0.3) is 0 Å². The van der Waals surface area contributed by atoms with E-state index in [0.717, 1.165) is 23.5 Å². The minimum atomic E-state index is -0.217. The zero-order valence-corrected chi connectivity index (χ0v) is 17.0. The van der Waals surface area contributed by atoms with Gasteiger partial charge in [0.15, 0.2) is 0 Å². The summed E-state index contributed by atoms with van der Waals surface area (Å²) < 4.78 is 11.3. The standard InChI is InChI=1S/C23H24O4S/c1-23(2)19(13-16-10-11-28-22(16)25)20(23)21(24)26-14-18-9-8-17(27-18)12-15-6-4-3-5-7-15/h3-9,13,19-20H,10-12,14H2,1-2H3/b16-13+/t19-,20+/m1/s1. The lowest BCUT2D eigenvalue weighted by Crippen LogP contribution is -2.10. The topological polar surface area (TPSA) is 56.5 Å². The van der Waals surface area contributed by atoms with Crippen LogP contribution in [-0.4, -0.2) is 16.8 Å². The van der Waals surface area contributed by atoms with Gasteiger partial charge >= 0.3 is 5.97 Å². The van der Waals surface area contributed by atoms with Crippen LogP contribution in [0, 0.1) is 17.3 Å². The third-order valence-electron chi connectivity index (χ3n) is 5.71. The van der Waals surface area contributed by atoms with Crippen molar-refractivity contribution in [3.63, 3.8) is 0 Å². The lowest BCUT2D eigenvalue weighted by molar-refractivity contribution is -0.148. The summed E-state index contributed by atoms with van der Waals surface area (Å²) >= 11 is 1.36. The number of hydrogen-bond donors (Lipinski definition) is 0. The van der Waals surface area contributed by atoms with Crippen LogP contribution in [0.5, 0.6) is 0 Å². The number of rotatable bonds is 6. The van der Waals surface area contributed by atoms with Gasteiger partial charge in [-0.2, -0.15) is 0 Å². The third kappa shape index (κ3) is 3.95. The summed E-state index contributed by atoms with van der Waals surface area (Å²) in [7, 11) is 0. The number of furan rings is 1. The lowest BCUT2D eigenvalue weighted by atomic mass is 10.1. The molecule has 0 amide bonds. The van der Waals surface area contributed by atoms with Gasteiger partial charge in [0.2, 0.25) is 5.12 Å². The smallest absolute Gasteiger partial charge is 0.310 e. The van der Waals surface area contributed by atoms with Crippen LogP contribution in [-0.2, 0) is 27.4 Å². The van der Waals surface area contributed by atoms with E-state index in [1.54, 1.807) is 0 Å². The molecule has 28 heavy (non-hydrogen) atoms. The number of esters is 1. The zero-order chi connectivity index (χ0) is 19.7. The van der Waals surface area contributed by atoms with Crippen molar-refractivity contribution in [1.82, 2.24) is 0 Å². The first kappa shape index (κ1) is 19.1. The molecular formula is C23H24O4S. The number of benzene rings is 1. The van der Waals surface area contributed by atoms with Crippen molar-refractivity contribution in [2.45, 2.75) is 33.3 Å². The van der Waals surface area contributed by atoms with E-state index in [1.807, 2.05) is 36.4 Å². The zero-order valence-electron chi connectivity index (χ0n) is 16.1. The van der Waals surface area contributed by atoms with Crippen molar-refractivity contribution < 1.29 is 18.7 Å². The Morgan fingerprint density at radius 3 is 2.68 bits per heavy atom. The second kappa shape index (κ2) is 7.63. The number of ether oxygens (including phenoxy) is 1. The van der Waals surface area contributed by atoms with Crippen LogP contribution < -0.4 is 0 Å². The molecule has 1 saturated heterocycles. The summed E-state index contributed by atoms with van der Waals surface area (Å²) in [6, 6.07) is 13.9. The van der Waals surface area contributed by atoms with Crippen LogP contribution in [0.2, 0.25) is 0 Å².